The molecule has 1 aliphatic rings. The monoisotopic (exact) mass is 355 g/mol. The fraction of sp³-hybridized carbons (Fsp3) is 0.429. The van der Waals surface area contributed by atoms with Gasteiger partial charge in [0.2, 0.25) is 0 Å². The van der Waals surface area contributed by atoms with E-state index in [2.05, 4.69) is 31.5 Å². The number of benzene rings is 1. The maximum atomic E-state index is 11.8. The van der Waals surface area contributed by atoms with Crippen LogP contribution < -0.4 is 10.6 Å². The normalized spacial score (nSPS) is 14.0. The lowest BCUT2D eigenvalue weighted by Crippen LogP contribution is -2.36. The van der Waals surface area contributed by atoms with Crippen molar-refractivity contribution in [2.75, 3.05) is 25.5 Å². The number of carbonyl (C=O) groups excluding carboxylic acids is 1. The van der Waals surface area contributed by atoms with Gasteiger partial charge in [0.1, 0.15) is 0 Å². The molecule has 1 saturated carbocycles. The maximum Gasteiger partial charge on any atom is 0.337 e. The van der Waals surface area contributed by atoms with Crippen molar-refractivity contribution < 1.29 is 14.7 Å². The number of anilines is 1. The van der Waals surface area contributed by atoms with E-state index in [1.807, 2.05) is 7.05 Å². The standard InChI is InChI=1S/C14H18BrN3O3/c1-18(10-3-4-10)7-6-16-14(21)17-12-8-9(15)2-5-11(12)13(19)20/h2,5,8,10H,3-4,6-7H2,1H3,(H,19,20)(H2,16,17,21). The second-order valence-corrected chi connectivity index (χ2v) is 6.00. The third kappa shape index (κ3) is 4.71. The quantitative estimate of drug-likeness (QED) is 0.731. The number of rotatable bonds is 6. The zero-order valence-electron chi connectivity index (χ0n) is 11.7. The van der Waals surface area contributed by atoms with Gasteiger partial charge in [0.15, 0.2) is 0 Å². The molecular weight excluding hydrogens is 338 g/mol. The number of amides is 2. The van der Waals surface area contributed by atoms with Crippen molar-refractivity contribution in [3.8, 4) is 0 Å². The summed E-state index contributed by atoms with van der Waals surface area (Å²) in [6.45, 7) is 1.30. The first-order valence-electron chi connectivity index (χ1n) is 6.75. The summed E-state index contributed by atoms with van der Waals surface area (Å²) in [6, 6.07) is 4.89. The summed E-state index contributed by atoms with van der Waals surface area (Å²) in [7, 11) is 2.04. The molecule has 1 aliphatic carbocycles. The fourth-order valence-corrected chi connectivity index (χ4v) is 2.38. The molecule has 0 heterocycles. The number of halogens is 1. The Bertz CT molecular complexity index is 546. The maximum absolute atomic E-state index is 11.8. The number of hydrogen-bond acceptors (Lipinski definition) is 3. The molecule has 2 rings (SSSR count). The van der Waals surface area contributed by atoms with E-state index >= 15 is 0 Å². The minimum atomic E-state index is -1.08. The first kappa shape index (κ1) is 15.8. The van der Waals surface area contributed by atoms with Crippen molar-refractivity contribution >= 4 is 33.6 Å². The van der Waals surface area contributed by atoms with E-state index in [0.29, 0.717) is 17.1 Å². The van der Waals surface area contributed by atoms with Crippen LogP contribution in [0.25, 0.3) is 0 Å². The van der Waals surface area contributed by atoms with Crippen LogP contribution in [0.3, 0.4) is 0 Å². The van der Waals surface area contributed by atoms with Crippen LogP contribution in [0.2, 0.25) is 0 Å². The van der Waals surface area contributed by atoms with E-state index in [9.17, 15) is 9.59 Å². The molecule has 0 spiro atoms. The van der Waals surface area contributed by atoms with E-state index < -0.39 is 12.0 Å². The van der Waals surface area contributed by atoms with Crippen LogP contribution >= 0.6 is 15.9 Å². The van der Waals surface area contributed by atoms with Gasteiger partial charge in [-0.05, 0) is 38.1 Å². The number of aromatic carboxylic acids is 1. The highest BCUT2D eigenvalue weighted by atomic mass is 79.9. The Hall–Kier alpha value is -1.60. The molecule has 0 atom stereocenters. The second kappa shape index (κ2) is 6.91. The Morgan fingerprint density at radius 1 is 1.43 bits per heavy atom. The SMILES string of the molecule is CN(CCNC(=O)Nc1cc(Br)ccc1C(=O)O)C1CC1. The summed E-state index contributed by atoms with van der Waals surface area (Å²) in [5.41, 5.74) is 0.327. The summed E-state index contributed by atoms with van der Waals surface area (Å²) in [5.74, 6) is -1.08. The summed E-state index contributed by atoms with van der Waals surface area (Å²) in [6.07, 6.45) is 2.45. The average Bonchev–Trinajstić information content (AvgIpc) is 3.22. The number of carbonyl (C=O) groups is 2. The largest absolute Gasteiger partial charge is 0.478 e. The summed E-state index contributed by atoms with van der Waals surface area (Å²) < 4.78 is 0.705. The molecule has 1 aromatic rings. The highest BCUT2D eigenvalue weighted by molar-refractivity contribution is 9.10. The van der Waals surface area contributed by atoms with Crippen molar-refractivity contribution in [3.63, 3.8) is 0 Å². The number of urea groups is 1. The smallest absolute Gasteiger partial charge is 0.337 e. The first-order chi connectivity index (χ1) is 9.97. The third-order valence-electron chi connectivity index (χ3n) is 3.38. The van der Waals surface area contributed by atoms with Gasteiger partial charge < -0.3 is 20.6 Å². The van der Waals surface area contributed by atoms with E-state index in [0.717, 1.165) is 6.54 Å². The number of hydrogen-bond donors (Lipinski definition) is 3. The molecule has 0 aliphatic heterocycles. The molecule has 1 aromatic carbocycles. The van der Waals surface area contributed by atoms with Gasteiger partial charge in [-0.3, -0.25) is 0 Å². The molecule has 1 fully saturated rings. The van der Waals surface area contributed by atoms with Crippen molar-refractivity contribution in [2.45, 2.75) is 18.9 Å². The van der Waals surface area contributed by atoms with Crippen molar-refractivity contribution in [1.82, 2.24) is 10.2 Å². The predicted molar refractivity (Wildman–Crippen MR) is 83.8 cm³/mol. The number of nitrogens with zero attached hydrogens (tertiary/aromatic N) is 1. The van der Waals surface area contributed by atoms with Crippen LogP contribution in [0.1, 0.15) is 23.2 Å². The summed E-state index contributed by atoms with van der Waals surface area (Å²) in [4.78, 5) is 25.1. The molecule has 2 amide bonds. The van der Waals surface area contributed by atoms with Crippen LogP contribution in [-0.4, -0.2) is 48.2 Å². The molecule has 0 saturated heterocycles. The number of carboxylic acid groups (broad SMARTS) is 1. The summed E-state index contributed by atoms with van der Waals surface area (Å²) >= 11 is 3.26. The topological polar surface area (TPSA) is 81.7 Å². The van der Waals surface area contributed by atoms with Gasteiger partial charge in [-0.2, -0.15) is 0 Å². The molecule has 114 valence electrons. The Balaban J connectivity index is 1.86. The van der Waals surface area contributed by atoms with Crippen LogP contribution in [0, 0.1) is 0 Å². The number of likely N-dealkylation sites (N-methyl/N-ethyl adjacent to an activating group) is 1. The molecule has 0 bridgehead atoms. The minimum Gasteiger partial charge on any atom is -0.478 e. The Morgan fingerprint density at radius 2 is 2.14 bits per heavy atom. The number of nitrogens with one attached hydrogen (secondary N) is 2. The van der Waals surface area contributed by atoms with E-state index in [-0.39, 0.29) is 11.3 Å². The zero-order valence-corrected chi connectivity index (χ0v) is 13.3. The Labute approximate surface area is 131 Å². The lowest BCUT2D eigenvalue weighted by Gasteiger charge is -2.16. The Kier molecular flexibility index (Phi) is 5.19. The molecular formula is C14H18BrN3O3. The number of carboxylic acids is 1. The zero-order chi connectivity index (χ0) is 15.4. The molecule has 3 N–H and O–H groups in total. The van der Waals surface area contributed by atoms with Crippen molar-refractivity contribution in [1.29, 1.82) is 0 Å². The Morgan fingerprint density at radius 3 is 2.76 bits per heavy atom. The molecule has 7 heteroatoms. The van der Waals surface area contributed by atoms with Gasteiger partial charge in [0, 0.05) is 23.6 Å². The van der Waals surface area contributed by atoms with Crippen molar-refractivity contribution in [2.24, 2.45) is 0 Å². The molecule has 6 nitrogen and oxygen atoms in total. The lowest BCUT2D eigenvalue weighted by atomic mass is 10.2. The second-order valence-electron chi connectivity index (χ2n) is 5.09. The van der Waals surface area contributed by atoms with Crippen LogP contribution in [-0.2, 0) is 0 Å². The molecule has 0 radical (unpaired) electrons. The van der Waals surface area contributed by atoms with Gasteiger partial charge in [-0.1, -0.05) is 15.9 Å². The van der Waals surface area contributed by atoms with Crippen LogP contribution in [0.5, 0.6) is 0 Å². The minimum absolute atomic E-state index is 0.0587. The highest BCUT2D eigenvalue weighted by Gasteiger charge is 2.25. The van der Waals surface area contributed by atoms with Gasteiger partial charge in [0.25, 0.3) is 0 Å². The molecule has 0 aromatic heterocycles. The van der Waals surface area contributed by atoms with E-state index in [1.54, 1.807) is 12.1 Å². The predicted octanol–water partition coefficient (Wildman–Crippen LogP) is 2.36. The summed E-state index contributed by atoms with van der Waals surface area (Å²) in [5, 5.41) is 14.4. The van der Waals surface area contributed by atoms with E-state index in [1.165, 1.54) is 18.9 Å². The molecule has 0 unspecified atom stereocenters. The van der Waals surface area contributed by atoms with E-state index in [4.69, 9.17) is 5.11 Å². The molecule has 21 heavy (non-hydrogen) atoms. The van der Waals surface area contributed by atoms with Gasteiger partial charge in [-0.25, -0.2) is 9.59 Å². The lowest BCUT2D eigenvalue weighted by molar-refractivity contribution is 0.0698. The third-order valence-corrected chi connectivity index (χ3v) is 3.87. The van der Waals surface area contributed by atoms with Gasteiger partial charge in [-0.15, -0.1) is 0 Å². The van der Waals surface area contributed by atoms with Gasteiger partial charge in [0.05, 0.1) is 11.3 Å². The van der Waals surface area contributed by atoms with Gasteiger partial charge >= 0.3 is 12.0 Å². The average molecular weight is 356 g/mol. The van der Waals surface area contributed by atoms with Crippen molar-refractivity contribution in [3.05, 3.63) is 28.2 Å². The highest BCUT2D eigenvalue weighted by Crippen LogP contribution is 2.24. The van der Waals surface area contributed by atoms with Crippen LogP contribution in [0.4, 0.5) is 10.5 Å². The van der Waals surface area contributed by atoms with Crippen LogP contribution in [0.15, 0.2) is 22.7 Å². The fourth-order valence-electron chi connectivity index (χ4n) is 2.02. The first-order valence-corrected chi connectivity index (χ1v) is 7.54.